The number of hydrogen-bond acceptors (Lipinski definition) is 7. The molecule has 1 aliphatic heterocycles. The van der Waals surface area contributed by atoms with Gasteiger partial charge in [-0.1, -0.05) is 16.8 Å². The Balaban J connectivity index is 1.57. The fourth-order valence-electron chi connectivity index (χ4n) is 5.16. The molecule has 2 aromatic carbocycles. The van der Waals surface area contributed by atoms with Crippen LogP contribution in [-0.2, 0) is 4.74 Å². The zero-order valence-electron chi connectivity index (χ0n) is 20.4. The smallest absolute Gasteiger partial charge is 0.142 e. The number of hydrogen-bond donors (Lipinski definition) is 1. The van der Waals surface area contributed by atoms with Crippen molar-refractivity contribution in [3.63, 3.8) is 0 Å². The van der Waals surface area contributed by atoms with E-state index in [1.165, 1.54) is 0 Å². The number of benzene rings is 2. The summed E-state index contributed by atoms with van der Waals surface area (Å²) in [6, 6.07) is 11.8. The molecule has 0 unspecified atom stereocenters. The monoisotopic (exact) mass is 511 g/mol. The first kappa shape index (κ1) is 22.2. The quantitative estimate of drug-likeness (QED) is 0.293. The lowest BCUT2D eigenvalue weighted by Crippen LogP contribution is -2.27. The van der Waals surface area contributed by atoms with Crippen LogP contribution < -0.4 is 4.74 Å². The molecule has 1 N–H and O–H groups in total. The Bertz CT molecular complexity index is 1840. The summed E-state index contributed by atoms with van der Waals surface area (Å²) >= 11 is 6.40. The van der Waals surface area contributed by atoms with Crippen molar-refractivity contribution in [2.45, 2.75) is 19.8 Å². The minimum absolute atomic E-state index is 0.152. The molecule has 37 heavy (non-hydrogen) atoms. The second-order valence-electron chi connectivity index (χ2n) is 9.33. The van der Waals surface area contributed by atoms with Gasteiger partial charge in [0.2, 0.25) is 0 Å². The van der Waals surface area contributed by atoms with Gasteiger partial charge in [0.15, 0.2) is 0 Å². The maximum absolute atomic E-state index is 6.40. The average molecular weight is 512 g/mol. The van der Waals surface area contributed by atoms with Crippen molar-refractivity contribution in [1.82, 2.24) is 25.1 Å². The van der Waals surface area contributed by atoms with Gasteiger partial charge < -0.3 is 19.0 Å². The highest BCUT2D eigenvalue weighted by atomic mass is 35.5. The summed E-state index contributed by atoms with van der Waals surface area (Å²) in [6.07, 6.45) is 1.80. The highest BCUT2D eigenvalue weighted by Crippen LogP contribution is 2.42. The number of aryl methyl sites for hydroxylation is 2. The Morgan fingerprint density at radius 1 is 1.03 bits per heavy atom. The Hall–Kier alpha value is -4.01. The molecule has 0 radical (unpaired) electrons. The Labute approximate surface area is 216 Å². The summed E-state index contributed by atoms with van der Waals surface area (Å²) in [5, 5.41) is 7.58. The molecule has 4 aromatic heterocycles. The number of rotatable bonds is 4. The first-order chi connectivity index (χ1) is 18.0. The number of pyridine rings is 1. The lowest BCUT2D eigenvalue weighted by atomic mass is 9.98. The van der Waals surface area contributed by atoms with Crippen molar-refractivity contribution in [3.05, 3.63) is 64.9 Å². The molecule has 0 saturated carbocycles. The summed E-state index contributed by atoms with van der Waals surface area (Å²) in [7, 11) is 1.67. The average Bonchev–Trinajstić information content (AvgIpc) is 3.39. The van der Waals surface area contributed by atoms with E-state index in [0.29, 0.717) is 24.0 Å². The number of halogens is 1. The minimum Gasteiger partial charge on any atom is -0.496 e. The number of H-pyrrole nitrogens is 1. The van der Waals surface area contributed by atoms with Gasteiger partial charge in [0.05, 0.1) is 54.1 Å². The Kier molecular flexibility index (Phi) is 4.96. The number of aromatic amines is 1. The zero-order chi connectivity index (χ0) is 25.3. The van der Waals surface area contributed by atoms with Crippen LogP contribution in [0.25, 0.3) is 55.2 Å². The van der Waals surface area contributed by atoms with E-state index < -0.39 is 0 Å². The van der Waals surface area contributed by atoms with E-state index in [9.17, 15) is 0 Å². The van der Waals surface area contributed by atoms with Crippen LogP contribution in [0.3, 0.4) is 0 Å². The molecule has 7 rings (SSSR count). The second-order valence-corrected chi connectivity index (χ2v) is 9.77. The van der Waals surface area contributed by atoms with Crippen LogP contribution in [0, 0.1) is 13.8 Å². The van der Waals surface area contributed by atoms with Gasteiger partial charge in [-0.3, -0.25) is 4.98 Å². The van der Waals surface area contributed by atoms with Crippen molar-refractivity contribution in [1.29, 1.82) is 0 Å². The van der Waals surface area contributed by atoms with Crippen LogP contribution in [0.2, 0.25) is 5.02 Å². The first-order valence-corrected chi connectivity index (χ1v) is 12.4. The third-order valence-corrected chi connectivity index (χ3v) is 7.29. The van der Waals surface area contributed by atoms with Gasteiger partial charge in [-0.05, 0) is 50.2 Å². The molecule has 9 heteroatoms. The standard InChI is InChI=1S/C28H22ClN5O3/c1-13-24(14(2)37-34-13)20-9-22-19(10-23(20)35-3)25-26(32-27(15-11-36-12-15)33-28(25)31-22)17-6-7-30-21-5-4-16(29)8-18(17)21/h4-10,15H,11-12H2,1-3H3,(H,31,32,33). The molecule has 0 aliphatic carbocycles. The number of fused-ring (bicyclic) bond motifs is 4. The molecule has 5 heterocycles. The van der Waals surface area contributed by atoms with Crippen molar-refractivity contribution in [2.75, 3.05) is 20.3 Å². The fourth-order valence-corrected chi connectivity index (χ4v) is 5.33. The molecule has 6 aromatic rings. The third-order valence-electron chi connectivity index (χ3n) is 7.05. The fraction of sp³-hybridized carbons (Fsp3) is 0.214. The summed E-state index contributed by atoms with van der Waals surface area (Å²) in [6.45, 7) is 5.05. The number of ether oxygens (including phenoxy) is 2. The second kappa shape index (κ2) is 8.26. The molecular formula is C28H22ClN5O3. The zero-order valence-corrected chi connectivity index (χ0v) is 21.2. The van der Waals surface area contributed by atoms with E-state index in [-0.39, 0.29) is 5.92 Å². The van der Waals surface area contributed by atoms with Gasteiger partial charge in [0.1, 0.15) is 23.0 Å². The number of nitrogens with zero attached hydrogens (tertiary/aromatic N) is 4. The van der Waals surface area contributed by atoms with Gasteiger partial charge in [-0.25, -0.2) is 9.97 Å². The van der Waals surface area contributed by atoms with Crippen LogP contribution in [0.4, 0.5) is 0 Å². The number of methoxy groups -OCH3 is 1. The first-order valence-electron chi connectivity index (χ1n) is 12.0. The van der Waals surface area contributed by atoms with Gasteiger partial charge >= 0.3 is 0 Å². The predicted molar refractivity (Wildman–Crippen MR) is 142 cm³/mol. The molecule has 1 aliphatic rings. The van der Waals surface area contributed by atoms with E-state index in [1.807, 2.05) is 44.2 Å². The lowest BCUT2D eigenvalue weighted by molar-refractivity contribution is 0.00503. The van der Waals surface area contributed by atoms with E-state index in [4.69, 9.17) is 35.6 Å². The molecule has 1 saturated heterocycles. The maximum atomic E-state index is 6.40. The molecule has 0 spiro atoms. The summed E-state index contributed by atoms with van der Waals surface area (Å²) in [5.41, 5.74) is 6.91. The van der Waals surface area contributed by atoms with E-state index >= 15 is 0 Å². The van der Waals surface area contributed by atoms with E-state index in [0.717, 1.165) is 72.5 Å². The maximum Gasteiger partial charge on any atom is 0.142 e. The van der Waals surface area contributed by atoms with Crippen LogP contribution in [0.1, 0.15) is 23.2 Å². The van der Waals surface area contributed by atoms with Crippen LogP contribution in [0.15, 0.2) is 47.1 Å². The lowest BCUT2D eigenvalue weighted by Gasteiger charge is -2.25. The molecule has 0 bridgehead atoms. The van der Waals surface area contributed by atoms with Crippen LogP contribution in [0.5, 0.6) is 5.75 Å². The van der Waals surface area contributed by atoms with E-state index in [1.54, 1.807) is 13.3 Å². The molecule has 0 atom stereocenters. The van der Waals surface area contributed by atoms with Crippen LogP contribution in [-0.4, -0.2) is 45.4 Å². The normalized spacial score (nSPS) is 14.1. The topological polar surface area (TPSA) is 99.0 Å². The molecule has 8 nitrogen and oxygen atoms in total. The van der Waals surface area contributed by atoms with Crippen LogP contribution >= 0.6 is 11.6 Å². The summed E-state index contributed by atoms with van der Waals surface area (Å²) in [5.74, 6) is 2.36. The van der Waals surface area contributed by atoms with Crippen molar-refractivity contribution in [2.24, 2.45) is 0 Å². The van der Waals surface area contributed by atoms with Crippen molar-refractivity contribution >= 4 is 44.4 Å². The van der Waals surface area contributed by atoms with Gasteiger partial charge in [0.25, 0.3) is 0 Å². The van der Waals surface area contributed by atoms with Gasteiger partial charge in [-0.15, -0.1) is 0 Å². The molecule has 184 valence electrons. The minimum atomic E-state index is 0.152. The summed E-state index contributed by atoms with van der Waals surface area (Å²) < 4.78 is 16.8. The van der Waals surface area contributed by atoms with Gasteiger partial charge in [0, 0.05) is 38.6 Å². The molecule has 0 amide bonds. The molecular weight excluding hydrogens is 490 g/mol. The molecule has 1 fully saturated rings. The number of nitrogens with one attached hydrogen (secondary N) is 1. The van der Waals surface area contributed by atoms with E-state index in [2.05, 4.69) is 21.2 Å². The highest BCUT2D eigenvalue weighted by Gasteiger charge is 2.27. The van der Waals surface area contributed by atoms with Crippen molar-refractivity contribution < 1.29 is 14.0 Å². The summed E-state index contributed by atoms with van der Waals surface area (Å²) in [4.78, 5) is 18.1. The Morgan fingerprint density at radius 3 is 2.62 bits per heavy atom. The van der Waals surface area contributed by atoms with Gasteiger partial charge in [-0.2, -0.15) is 0 Å². The SMILES string of the molecule is COc1cc2c(cc1-c1c(C)noc1C)[nH]c1nc(C3COC3)nc(-c3ccnc4ccc(Cl)cc34)c12. The number of aromatic nitrogens is 5. The predicted octanol–water partition coefficient (Wildman–Crippen LogP) is 6.37. The van der Waals surface area contributed by atoms with Crippen molar-refractivity contribution in [3.8, 4) is 28.1 Å². The highest BCUT2D eigenvalue weighted by molar-refractivity contribution is 6.31. The Morgan fingerprint density at radius 2 is 1.89 bits per heavy atom. The largest absolute Gasteiger partial charge is 0.496 e. The third kappa shape index (κ3) is 3.40.